The van der Waals surface area contributed by atoms with Gasteiger partial charge in [0, 0.05) is 80.6 Å². The van der Waals surface area contributed by atoms with Gasteiger partial charge in [0.25, 0.3) is 0 Å². The topological polar surface area (TPSA) is 9.86 Å². The molecule has 6 heteroatoms. The van der Waals surface area contributed by atoms with Gasteiger partial charge < -0.3 is 9.13 Å². The summed E-state index contributed by atoms with van der Waals surface area (Å²) in [5, 5.41) is 5.39. The molecule has 0 fully saturated rings. The summed E-state index contributed by atoms with van der Waals surface area (Å²) in [6, 6.07) is 44.4. The lowest BCUT2D eigenvalue weighted by atomic mass is 10.1. The van der Waals surface area contributed by atoms with Crippen LogP contribution < -0.4 is 0 Å². The molecule has 0 aliphatic carbocycles. The highest BCUT2D eigenvalue weighted by molar-refractivity contribution is 7.22. The Morgan fingerprint density at radius 3 is 1.54 bits per heavy atom. The second kappa shape index (κ2) is 16.8. The first-order valence-corrected chi connectivity index (χ1v) is 22.3. The second-order valence-electron chi connectivity index (χ2n) is 14.9. The van der Waals surface area contributed by atoms with Gasteiger partial charge in [-0.25, -0.2) is 0 Å². The number of fused-ring (bicyclic) bond motifs is 4. The molecule has 6 heterocycles. The maximum atomic E-state index is 2.32. The standard InChI is InChI=1S/C18H14S2.2C11H13N.C10H10S2/c1-11-3-5-17-14(7-11)10-18(20-17)13-4-6-16-15(9-13)8-12(2)19-16;1-8-4-5-11-10(6-8)7-9(2)12(11)3;1-8-4-5-10-7-9(2)12(3)11(10)6-8;1-7-3-5-9(11-7)10-6-4-8(2)12-10/h3-10H,1-2H3;2*4-7H,1-3H3;3-6H,1-2H3. The number of aromatic nitrogens is 2. The summed E-state index contributed by atoms with van der Waals surface area (Å²) in [5.74, 6) is 0. The van der Waals surface area contributed by atoms with Crippen LogP contribution in [0, 0.1) is 55.4 Å². The molecular formula is C50H50N2S4. The molecule has 6 aromatic heterocycles. The van der Waals surface area contributed by atoms with Crippen LogP contribution in [0.25, 0.3) is 62.2 Å². The van der Waals surface area contributed by atoms with Crippen molar-refractivity contribution in [1.82, 2.24) is 9.13 Å². The SMILES string of the molecule is Cc1ccc(-c2ccc(C)s2)s1.Cc1ccc2c(c1)cc(C)n2C.Cc1ccc2cc(C)n(C)c2c1.Cc1ccc2sc(-c3ccc4sc(C)cc4c3)cc2c1. The Morgan fingerprint density at radius 1 is 0.339 bits per heavy atom. The molecule has 0 saturated heterocycles. The zero-order chi connectivity index (χ0) is 39.7. The van der Waals surface area contributed by atoms with Crippen LogP contribution in [-0.4, -0.2) is 9.13 Å². The van der Waals surface area contributed by atoms with Gasteiger partial charge in [0.15, 0.2) is 0 Å². The zero-order valence-corrected chi connectivity index (χ0v) is 37.3. The molecule has 2 nitrogen and oxygen atoms in total. The first-order valence-electron chi connectivity index (χ1n) is 19.0. The molecule has 0 radical (unpaired) electrons. The van der Waals surface area contributed by atoms with E-state index >= 15 is 0 Å². The molecular weight excluding hydrogens is 757 g/mol. The molecule has 56 heavy (non-hydrogen) atoms. The van der Waals surface area contributed by atoms with Crippen molar-refractivity contribution in [2.75, 3.05) is 0 Å². The minimum Gasteiger partial charge on any atom is -0.348 e. The van der Waals surface area contributed by atoms with Crippen LogP contribution in [0.2, 0.25) is 0 Å². The van der Waals surface area contributed by atoms with E-state index in [-0.39, 0.29) is 0 Å². The number of hydrogen-bond donors (Lipinski definition) is 0. The molecule has 0 bridgehead atoms. The number of aryl methyl sites for hydroxylation is 10. The number of nitrogens with zero attached hydrogens (tertiary/aromatic N) is 2. The van der Waals surface area contributed by atoms with E-state index in [1.807, 2.05) is 45.3 Å². The maximum absolute atomic E-state index is 2.32. The van der Waals surface area contributed by atoms with Crippen molar-refractivity contribution in [2.45, 2.75) is 55.4 Å². The van der Waals surface area contributed by atoms with Crippen LogP contribution >= 0.6 is 45.3 Å². The molecule has 10 rings (SSSR count). The van der Waals surface area contributed by atoms with Crippen molar-refractivity contribution in [2.24, 2.45) is 14.1 Å². The van der Waals surface area contributed by atoms with Gasteiger partial charge in [0.1, 0.15) is 0 Å². The first kappa shape index (κ1) is 39.5. The van der Waals surface area contributed by atoms with Gasteiger partial charge in [-0.05, 0) is 168 Å². The van der Waals surface area contributed by atoms with Gasteiger partial charge >= 0.3 is 0 Å². The Kier molecular flexibility index (Phi) is 11.8. The van der Waals surface area contributed by atoms with E-state index < -0.39 is 0 Å². The van der Waals surface area contributed by atoms with Crippen molar-refractivity contribution in [3.63, 3.8) is 0 Å². The quantitative estimate of drug-likeness (QED) is 0.165. The minimum absolute atomic E-state index is 1.32. The molecule has 0 unspecified atom stereocenters. The Bertz CT molecular complexity index is 2900. The second-order valence-corrected chi connectivity index (χ2v) is 19.8. The summed E-state index contributed by atoms with van der Waals surface area (Å²) in [5.41, 5.74) is 10.6. The van der Waals surface area contributed by atoms with E-state index in [0.717, 1.165) is 0 Å². The Morgan fingerprint density at radius 2 is 0.875 bits per heavy atom. The molecule has 0 amide bonds. The Balaban J connectivity index is 0.000000118. The van der Waals surface area contributed by atoms with Crippen LogP contribution in [0.1, 0.15) is 42.7 Å². The van der Waals surface area contributed by atoms with E-state index in [1.165, 1.54) is 105 Å². The van der Waals surface area contributed by atoms with E-state index in [9.17, 15) is 0 Å². The molecule has 4 aromatic carbocycles. The number of rotatable bonds is 2. The predicted octanol–water partition coefficient (Wildman–Crippen LogP) is 16.1. The molecule has 0 N–H and O–H groups in total. The van der Waals surface area contributed by atoms with Gasteiger partial charge in [0.05, 0.1) is 0 Å². The van der Waals surface area contributed by atoms with Gasteiger partial charge in [-0.1, -0.05) is 47.5 Å². The van der Waals surface area contributed by atoms with Crippen molar-refractivity contribution in [3.05, 3.63) is 164 Å². The molecule has 10 aromatic rings. The summed E-state index contributed by atoms with van der Waals surface area (Å²) in [6.07, 6.45) is 0. The zero-order valence-electron chi connectivity index (χ0n) is 34.1. The number of benzene rings is 4. The van der Waals surface area contributed by atoms with Gasteiger partial charge in [0.2, 0.25) is 0 Å². The van der Waals surface area contributed by atoms with E-state index in [1.54, 1.807) is 0 Å². The molecule has 0 atom stereocenters. The Hall–Kier alpha value is -4.72. The molecule has 0 spiro atoms. The van der Waals surface area contributed by atoms with Crippen LogP contribution in [0.5, 0.6) is 0 Å². The third-order valence-electron chi connectivity index (χ3n) is 10.2. The summed E-state index contributed by atoms with van der Waals surface area (Å²) in [4.78, 5) is 8.30. The van der Waals surface area contributed by atoms with E-state index in [4.69, 9.17) is 0 Å². The van der Waals surface area contributed by atoms with Crippen molar-refractivity contribution in [3.8, 4) is 20.2 Å². The van der Waals surface area contributed by atoms with Crippen molar-refractivity contribution < 1.29 is 0 Å². The molecule has 284 valence electrons. The minimum atomic E-state index is 1.32. The largest absolute Gasteiger partial charge is 0.348 e. The lowest BCUT2D eigenvalue weighted by Crippen LogP contribution is -1.89. The summed E-state index contributed by atoms with van der Waals surface area (Å²) in [6.45, 7) is 17.1. The van der Waals surface area contributed by atoms with E-state index in [2.05, 4.69) is 200 Å². The lowest BCUT2D eigenvalue weighted by Gasteiger charge is -1.98. The summed E-state index contributed by atoms with van der Waals surface area (Å²) < 4.78 is 7.19. The highest BCUT2D eigenvalue weighted by Crippen LogP contribution is 2.37. The van der Waals surface area contributed by atoms with Gasteiger partial charge in [-0.15, -0.1) is 45.3 Å². The highest BCUT2D eigenvalue weighted by atomic mass is 32.1. The number of thiophene rings is 4. The van der Waals surface area contributed by atoms with Crippen molar-refractivity contribution >= 4 is 87.3 Å². The monoisotopic (exact) mass is 806 g/mol. The first-order chi connectivity index (χ1) is 26.8. The molecule has 0 aliphatic rings. The van der Waals surface area contributed by atoms with Gasteiger partial charge in [-0.3, -0.25) is 0 Å². The molecule has 0 aliphatic heterocycles. The maximum Gasteiger partial charge on any atom is 0.0482 e. The summed E-state index contributed by atoms with van der Waals surface area (Å²) in [7, 11) is 4.21. The fraction of sp³-hybridized carbons (Fsp3) is 0.200. The fourth-order valence-corrected chi connectivity index (χ4v) is 10.7. The fourth-order valence-electron chi connectivity index (χ4n) is 6.95. The summed E-state index contributed by atoms with van der Waals surface area (Å²) >= 11 is 7.47. The van der Waals surface area contributed by atoms with Crippen LogP contribution in [0.15, 0.2) is 121 Å². The predicted molar refractivity (Wildman–Crippen MR) is 254 cm³/mol. The number of hydrogen-bond acceptors (Lipinski definition) is 4. The smallest absolute Gasteiger partial charge is 0.0482 e. The van der Waals surface area contributed by atoms with Crippen LogP contribution in [-0.2, 0) is 14.1 Å². The van der Waals surface area contributed by atoms with E-state index in [0.29, 0.717) is 0 Å². The highest BCUT2D eigenvalue weighted by Gasteiger charge is 2.07. The van der Waals surface area contributed by atoms with Crippen molar-refractivity contribution in [1.29, 1.82) is 0 Å². The average Bonchev–Trinajstić information content (AvgIpc) is 4.03. The molecule has 0 saturated carbocycles. The third kappa shape index (κ3) is 8.95. The normalized spacial score (nSPS) is 11.0. The average molecular weight is 807 g/mol. The van der Waals surface area contributed by atoms with Crippen LogP contribution in [0.3, 0.4) is 0 Å². The lowest BCUT2D eigenvalue weighted by molar-refractivity contribution is 0.917. The van der Waals surface area contributed by atoms with Crippen LogP contribution in [0.4, 0.5) is 0 Å². The third-order valence-corrected chi connectivity index (χ3v) is 14.6. The van der Waals surface area contributed by atoms with Gasteiger partial charge in [-0.2, -0.15) is 0 Å². The Labute approximate surface area is 348 Å².